The van der Waals surface area contributed by atoms with Crippen LogP contribution in [0.5, 0.6) is 0 Å². The number of rotatable bonds is 11. The van der Waals surface area contributed by atoms with Gasteiger partial charge in [0.05, 0.1) is 0 Å². The Morgan fingerprint density at radius 3 is 2.60 bits per heavy atom. The molecule has 0 spiro atoms. The Morgan fingerprint density at radius 1 is 1.27 bits per heavy atom. The normalized spacial score (nSPS) is 12.7. The van der Waals surface area contributed by atoms with E-state index >= 15 is 0 Å². The molecule has 0 radical (unpaired) electrons. The molecule has 0 heterocycles. The fraction of sp³-hybridized carbons (Fsp3) is 0.846. The second-order valence-electron chi connectivity index (χ2n) is 3.81. The maximum atomic E-state index is 5.34. The van der Waals surface area contributed by atoms with Gasteiger partial charge in [0.25, 0.3) is 0 Å². The first-order valence-corrected chi connectivity index (χ1v) is 6.27. The highest BCUT2D eigenvalue weighted by molar-refractivity contribution is 4.71. The standard InChI is InChI=1S/C13H27NO/c1-4-7-8-10-13(14-5-2)11-9-12-15-6-3/h4,13-14H,1,5-12H2,2-3H3. The maximum absolute atomic E-state index is 5.34. The summed E-state index contributed by atoms with van der Waals surface area (Å²) in [5.41, 5.74) is 0. The van der Waals surface area contributed by atoms with Gasteiger partial charge in [-0.3, -0.25) is 0 Å². The van der Waals surface area contributed by atoms with Crippen molar-refractivity contribution in [3.05, 3.63) is 12.7 Å². The molecule has 0 bridgehead atoms. The second kappa shape index (κ2) is 11.7. The first-order chi connectivity index (χ1) is 7.35. The number of hydrogen-bond donors (Lipinski definition) is 1. The van der Waals surface area contributed by atoms with E-state index in [2.05, 4.69) is 18.8 Å². The van der Waals surface area contributed by atoms with Crippen molar-refractivity contribution in [2.45, 2.75) is 52.0 Å². The molecule has 0 aliphatic heterocycles. The first-order valence-electron chi connectivity index (χ1n) is 6.27. The van der Waals surface area contributed by atoms with E-state index in [4.69, 9.17) is 4.74 Å². The number of unbranched alkanes of at least 4 members (excludes halogenated alkanes) is 1. The zero-order valence-corrected chi connectivity index (χ0v) is 10.4. The molecular formula is C13H27NO. The largest absolute Gasteiger partial charge is 0.382 e. The molecule has 1 unspecified atom stereocenters. The summed E-state index contributed by atoms with van der Waals surface area (Å²) >= 11 is 0. The third kappa shape index (κ3) is 9.95. The van der Waals surface area contributed by atoms with Gasteiger partial charge in [0, 0.05) is 19.3 Å². The predicted molar refractivity (Wildman–Crippen MR) is 67.2 cm³/mol. The van der Waals surface area contributed by atoms with Crippen LogP contribution in [0, 0.1) is 0 Å². The summed E-state index contributed by atoms with van der Waals surface area (Å²) in [7, 11) is 0. The third-order valence-electron chi connectivity index (χ3n) is 2.50. The lowest BCUT2D eigenvalue weighted by atomic mass is 10.0. The molecule has 2 nitrogen and oxygen atoms in total. The lowest BCUT2D eigenvalue weighted by molar-refractivity contribution is 0.140. The Balaban J connectivity index is 3.48. The molecule has 0 aromatic heterocycles. The molecule has 0 aromatic rings. The average molecular weight is 213 g/mol. The number of ether oxygens (including phenoxy) is 1. The van der Waals surface area contributed by atoms with E-state index < -0.39 is 0 Å². The minimum Gasteiger partial charge on any atom is -0.382 e. The van der Waals surface area contributed by atoms with Gasteiger partial charge in [-0.1, -0.05) is 13.0 Å². The summed E-state index contributed by atoms with van der Waals surface area (Å²) in [5.74, 6) is 0. The van der Waals surface area contributed by atoms with Crippen molar-refractivity contribution in [2.75, 3.05) is 19.8 Å². The Labute approximate surface area is 95.1 Å². The molecule has 2 heteroatoms. The number of nitrogens with one attached hydrogen (secondary N) is 1. The van der Waals surface area contributed by atoms with Gasteiger partial charge >= 0.3 is 0 Å². The molecule has 0 aromatic carbocycles. The van der Waals surface area contributed by atoms with E-state index in [0.29, 0.717) is 6.04 Å². The zero-order chi connectivity index (χ0) is 11.4. The molecular weight excluding hydrogens is 186 g/mol. The molecule has 0 saturated heterocycles. The Kier molecular flexibility index (Phi) is 11.5. The van der Waals surface area contributed by atoms with Gasteiger partial charge in [-0.25, -0.2) is 0 Å². The van der Waals surface area contributed by atoms with Crippen LogP contribution in [0.2, 0.25) is 0 Å². The molecule has 0 amide bonds. The van der Waals surface area contributed by atoms with Gasteiger partial charge in [0.15, 0.2) is 0 Å². The Hall–Kier alpha value is -0.340. The van der Waals surface area contributed by atoms with Crippen molar-refractivity contribution in [1.82, 2.24) is 5.32 Å². The van der Waals surface area contributed by atoms with Crippen molar-refractivity contribution in [3.63, 3.8) is 0 Å². The summed E-state index contributed by atoms with van der Waals surface area (Å²) in [6, 6.07) is 0.662. The van der Waals surface area contributed by atoms with Crippen LogP contribution >= 0.6 is 0 Å². The van der Waals surface area contributed by atoms with Crippen LogP contribution < -0.4 is 5.32 Å². The summed E-state index contributed by atoms with van der Waals surface area (Å²) in [4.78, 5) is 0. The second-order valence-corrected chi connectivity index (χ2v) is 3.81. The number of hydrogen-bond acceptors (Lipinski definition) is 2. The first kappa shape index (κ1) is 14.7. The van der Waals surface area contributed by atoms with Gasteiger partial charge in [0.1, 0.15) is 0 Å². The van der Waals surface area contributed by atoms with Gasteiger partial charge < -0.3 is 10.1 Å². The van der Waals surface area contributed by atoms with E-state index in [9.17, 15) is 0 Å². The molecule has 0 aliphatic carbocycles. The van der Waals surface area contributed by atoms with Gasteiger partial charge in [-0.15, -0.1) is 6.58 Å². The highest BCUT2D eigenvalue weighted by Gasteiger charge is 2.05. The monoisotopic (exact) mass is 213 g/mol. The molecule has 0 fully saturated rings. The van der Waals surface area contributed by atoms with E-state index in [0.717, 1.165) is 26.2 Å². The minimum atomic E-state index is 0.662. The highest BCUT2D eigenvalue weighted by Crippen LogP contribution is 2.07. The number of allylic oxidation sites excluding steroid dienone is 1. The molecule has 15 heavy (non-hydrogen) atoms. The topological polar surface area (TPSA) is 21.3 Å². The van der Waals surface area contributed by atoms with E-state index in [1.54, 1.807) is 0 Å². The van der Waals surface area contributed by atoms with Crippen molar-refractivity contribution in [2.24, 2.45) is 0 Å². The highest BCUT2D eigenvalue weighted by atomic mass is 16.5. The van der Waals surface area contributed by atoms with E-state index in [1.807, 2.05) is 13.0 Å². The quantitative estimate of drug-likeness (QED) is 0.420. The van der Waals surface area contributed by atoms with Gasteiger partial charge in [-0.05, 0) is 45.6 Å². The van der Waals surface area contributed by atoms with Crippen molar-refractivity contribution in [3.8, 4) is 0 Å². The smallest absolute Gasteiger partial charge is 0.0466 e. The molecule has 0 aliphatic rings. The Bertz CT molecular complexity index is 136. The predicted octanol–water partition coefficient (Wildman–Crippen LogP) is 3.14. The van der Waals surface area contributed by atoms with Crippen LogP contribution in [-0.4, -0.2) is 25.8 Å². The average Bonchev–Trinajstić information content (AvgIpc) is 2.24. The van der Waals surface area contributed by atoms with E-state index in [-0.39, 0.29) is 0 Å². The Morgan fingerprint density at radius 2 is 2.00 bits per heavy atom. The van der Waals surface area contributed by atoms with Gasteiger partial charge in [-0.2, -0.15) is 0 Å². The van der Waals surface area contributed by atoms with Crippen LogP contribution in [0.4, 0.5) is 0 Å². The van der Waals surface area contributed by atoms with Crippen LogP contribution in [0.15, 0.2) is 12.7 Å². The molecule has 1 N–H and O–H groups in total. The van der Waals surface area contributed by atoms with Crippen molar-refractivity contribution >= 4 is 0 Å². The fourth-order valence-electron chi connectivity index (χ4n) is 1.72. The summed E-state index contributed by atoms with van der Waals surface area (Å²) in [6.45, 7) is 10.8. The minimum absolute atomic E-state index is 0.662. The van der Waals surface area contributed by atoms with Gasteiger partial charge in [0.2, 0.25) is 0 Å². The summed E-state index contributed by atoms with van der Waals surface area (Å²) < 4.78 is 5.34. The van der Waals surface area contributed by atoms with Crippen LogP contribution in [0.25, 0.3) is 0 Å². The van der Waals surface area contributed by atoms with E-state index in [1.165, 1.54) is 25.7 Å². The summed E-state index contributed by atoms with van der Waals surface area (Å²) in [5, 5.41) is 3.53. The fourth-order valence-corrected chi connectivity index (χ4v) is 1.72. The molecule has 1 atom stereocenters. The lowest BCUT2D eigenvalue weighted by Crippen LogP contribution is -2.29. The summed E-state index contributed by atoms with van der Waals surface area (Å²) in [6.07, 6.45) is 8.03. The van der Waals surface area contributed by atoms with Crippen molar-refractivity contribution < 1.29 is 4.74 Å². The lowest BCUT2D eigenvalue weighted by Gasteiger charge is -2.17. The van der Waals surface area contributed by atoms with Crippen LogP contribution in [0.1, 0.15) is 46.0 Å². The molecule has 0 saturated carbocycles. The third-order valence-corrected chi connectivity index (χ3v) is 2.50. The molecule has 90 valence electrons. The maximum Gasteiger partial charge on any atom is 0.0466 e. The van der Waals surface area contributed by atoms with Crippen molar-refractivity contribution in [1.29, 1.82) is 0 Å². The molecule has 0 rings (SSSR count). The van der Waals surface area contributed by atoms with Crippen LogP contribution in [0.3, 0.4) is 0 Å². The SMILES string of the molecule is C=CCCCC(CCCOCC)NCC. The van der Waals surface area contributed by atoms with Crippen LogP contribution in [-0.2, 0) is 4.74 Å². The zero-order valence-electron chi connectivity index (χ0n) is 10.4.